The number of hydrogen-bond acceptors (Lipinski definition) is 7. The molecule has 0 amide bonds. The van der Waals surface area contributed by atoms with E-state index < -0.39 is 5.82 Å². The van der Waals surface area contributed by atoms with E-state index in [1.54, 1.807) is 12.1 Å². The summed E-state index contributed by atoms with van der Waals surface area (Å²) in [4.78, 5) is 11.5. The van der Waals surface area contributed by atoms with Crippen molar-refractivity contribution in [2.24, 2.45) is 0 Å². The van der Waals surface area contributed by atoms with Crippen molar-refractivity contribution in [3.05, 3.63) is 60.5 Å². The molecular weight excluding hydrogens is 377 g/mol. The van der Waals surface area contributed by atoms with Gasteiger partial charge in [-0.05, 0) is 42.5 Å². The summed E-state index contributed by atoms with van der Waals surface area (Å²) in [5.41, 5.74) is 8.31. The fourth-order valence-electron chi connectivity index (χ4n) is 2.86. The van der Waals surface area contributed by atoms with E-state index >= 15 is 0 Å². The molecule has 4 rings (SSSR count). The maximum absolute atomic E-state index is 14.2. The molecule has 1 aromatic heterocycles. The number of morpholine rings is 1. The van der Waals surface area contributed by atoms with Gasteiger partial charge in [-0.25, -0.2) is 14.4 Å². The number of nitrogen functional groups attached to an aromatic ring is 1. The van der Waals surface area contributed by atoms with Crippen LogP contribution in [0.4, 0.5) is 27.4 Å². The van der Waals surface area contributed by atoms with E-state index in [-0.39, 0.29) is 5.03 Å². The number of rotatable bonds is 5. The molecular formula is C20H20FN5OS. The van der Waals surface area contributed by atoms with Crippen molar-refractivity contribution in [3.63, 3.8) is 0 Å². The molecule has 0 saturated carbocycles. The van der Waals surface area contributed by atoms with E-state index in [0.29, 0.717) is 11.6 Å². The van der Waals surface area contributed by atoms with Crippen LogP contribution in [0.1, 0.15) is 0 Å². The first-order valence-electron chi connectivity index (χ1n) is 8.93. The van der Waals surface area contributed by atoms with Crippen LogP contribution in [0, 0.1) is 5.82 Å². The van der Waals surface area contributed by atoms with Gasteiger partial charge in [0.1, 0.15) is 5.03 Å². The standard InChI is InChI=1S/C20H20FN5OS/c21-18-13-23-20(25-19(18)28-17-6-4-14(22)5-7-17)24-15-2-1-3-16(12-15)26-8-10-27-11-9-26/h1-7,12-13H,8-11,22H2,(H,23,24,25). The fourth-order valence-corrected chi connectivity index (χ4v) is 3.64. The van der Waals surface area contributed by atoms with Gasteiger partial charge in [-0.15, -0.1) is 0 Å². The van der Waals surface area contributed by atoms with Crippen molar-refractivity contribution in [1.29, 1.82) is 0 Å². The molecule has 6 nitrogen and oxygen atoms in total. The van der Waals surface area contributed by atoms with Crippen molar-refractivity contribution in [2.45, 2.75) is 9.92 Å². The Bertz CT molecular complexity index is 948. The first-order valence-corrected chi connectivity index (χ1v) is 9.75. The smallest absolute Gasteiger partial charge is 0.228 e. The van der Waals surface area contributed by atoms with E-state index in [1.807, 2.05) is 30.3 Å². The van der Waals surface area contributed by atoms with Crippen molar-refractivity contribution in [3.8, 4) is 0 Å². The highest BCUT2D eigenvalue weighted by molar-refractivity contribution is 7.99. The topological polar surface area (TPSA) is 76.3 Å². The highest BCUT2D eigenvalue weighted by Crippen LogP contribution is 2.30. The molecule has 3 N–H and O–H groups in total. The monoisotopic (exact) mass is 397 g/mol. The highest BCUT2D eigenvalue weighted by atomic mass is 32.2. The van der Waals surface area contributed by atoms with Gasteiger partial charge in [0.05, 0.1) is 19.4 Å². The third-order valence-corrected chi connectivity index (χ3v) is 5.27. The Labute approximate surface area is 166 Å². The summed E-state index contributed by atoms with van der Waals surface area (Å²) in [6.45, 7) is 3.17. The van der Waals surface area contributed by atoms with Crippen LogP contribution in [-0.2, 0) is 4.74 Å². The third kappa shape index (κ3) is 4.52. The van der Waals surface area contributed by atoms with Crippen molar-refractivity contribution >= 4 is 34.8 Å². The van der Waals surface area contributed by atoms with Gasteiger partial charge in [-0.1, -0.05) is 17.8 Å². The number of anilines is 4. The van der Waals surface area contributed by atoms with E-state index in [2.05, 4.69) is 26.3 Å². The van der Waals surface area contributed by atoms with E-state index in [0.717, 1.165) is 42.6 Å². The first kappa shape index (κ1) is 18.5. The molecule has 0 aliphatic carbocycles. The average Bonchev–Trinajstić information content (AvgIpc) is 2.73. The minimum atomic E-state index is -0.463. The Hall–Kier alpha value is -2.84. The van der Waals surface area contributed by atoms with Crippen LogP contribution >= 0.6 is 11.8 Å². The summed E-state index contributed by atoms with van der Waals surface area (Å²) >= 11 is 1.23. The zero-order chi connectivity index (χ0) is 19.3. The summed E-state index contributed by atoms with van der Waals surface area (Å²) in [6.07, 6.45) is 1.18. The number of benzene rings is 2. The van der Waals surface area contributed by atoms with E-state index in [4.69, 9.17) is 10.5 Å². The number of ether oxygens (including phenoxy) is 1. The van der Waals surface area contributed by atoms with Gasteiger partial charge in [-0.3, -0.25) is 0 Å². The molecule has 1 saturated heterocycles. The summed E-state index contributed by atoms with van der Waals surface area (Å²) in [7, 11) is 0. The second-order valence-corrected chi connectivity index (χ2v) is 7.35. The summed E-state index contributed by atoms with van der Waals surface area (Å²) in [5, 5.41) is 3.42. The Kier molecular flexibility index (Phi) is 5.59. The van der Waals surface area contributed by atoms with E-state index in [1.165, 1.54) is 18.0 Å². The van der Waals surface area contributed by atoms with Gasteiger partial charge in [0.25, 0.3) is 0 Å². The van der Waals surface area contributed by atoms with Crippen LogP contribution in [-0.4, -0.2) is 36.3 Å². The molecule has 1 fully saturated rings. The number of nitrogens with zero attached hydrogens (tertiary/aromatic N) is 3. The quantitative estimate of drug-likeness (QED) is 0.499. The largest absolute Gasteiger partial charge is 0.399 e. The highest BCUT2D eigenvalue weighted by Gasteiger charge is 2.13. The molecule has 0 atom stereocenters. The Balaban J connectivity index is 1.51. The predicted octanol–water partition coefficient (Wildman–Crippen LogP) is 3.93. The van der Waals surface area contributed by atoms with Gasteiger partial charge in [0.15, 0.2) is 5.82 Å². The third-order valence-electron chi connectivity index (χ3n) is 4.29. The molecule has 28 heavy (non-hydrogen) atoms. The van der Waals surface area contributed by atoms with Gasteiger partial charge in [0, 0.05) is 35.0 Å². The van der Waals surface area contributed by atoms with Gasteiger partial charge in [0.2, 0.25) is 5.95 Å². The lowest BCUT2D eigenvalue weighted by molar-refractivity contribution is 0.122. The molecule has 1 aliphatic heterocycles. The lowest BCUT2D eigenvalue weighted by atomic mass is 10.2. The number of halogens is 1. The Morgan fingerprint density at radius 2 is 1.89 bits per heavy atom. The van der Waals surface area contributed by atoms with Gasteiger partial charge in [-0.2, -0.15) is 0 Å². The molecule has 8 heteroatoms. The Morgan fingerprint density at radius 1 is 1.11 bits per heavy atom. The molecule has 0 spiro atoms. The SMILES string of the molecule is Nc1ccc(Sc2nc(Nc3cccc(N4CCOCC4)c3)ncc2F)cc1. The minimum Gasteiger partial charge on any atom is -0.399 e. The number of hydrogen-bond donors (Lipinski definition) is 2. The van der Waals surface area contributed by atoms with Crippen LogP contribution in [0.15, 0.2) is 64.6 Å². The van der Waals surface area contributed by atoms with Crippen molar-refractivity contribution in [2.75, 3.05) is 42.3 Å². The molecule has 0 bridgehead atoms. The van der Waals surface area contributed by atoms with Crippen molar-refractivity contribution in [1.82, 2.24) is 9.97 Å². The first-order chi connectivity index (χ1) is 13.7. The summed E-state index contributed by atoms with van der Waals surface area (Å²) < 4.78 is 19.6. The average molecular weight is 397 g/mol. The second kappa shape index (κ2) is 8.45. The Morgan fingerprint density at radius 3 is 2.68 bits per heavy atom. The minimum absolute atomic E-state index is 0.256. The summed E-state index contributed by atoms with van der Waals surface area (Å²) in [6, 6.07) is 15.2. The maximum atomic E-state index is 14.2. The molecule has 1 aliphatic rings. The molecule has 2 heterocycles. The van der Waals surface area contributed by atoms with Crippen LogP contribution in [0.5, 0.6) is 0 Å². The lowest BCUT2D eigenvalue weighted by Gasteiger charge is -2.29. The molecule has 0 unspecified atom stereocenters. The maximum Gasteiger partial charge on any atom is 0.228 e. The van der Waals surface area contributed by atoms with Crippen LogP contribution in [0.3, 0.4) is 0 Å². The lowest BCUT2D eigenvalue weighted by Crippen LogP contribution is -2.36. The molecule has 144 valence electrons. The number of nitrogens with two attached hydrogens (primary N) is 1. The second-order valence-electron chi connectivity index (χ2n) is 6.29. The zero-order valence-corrected chi connectivity index (χ0v) is 16.0. The van der Waals surface area contributed by atoms with Crippen LogP contribution in [0.2, 0.25) is 0 Å². The van der Waals surface area contributed by atoms with Gasteiger partial charge < -0.3 is 20.7 Å². The number of aromatic nitrogens is 2. The van der Waals surface area contributed by atoms with Crippen LogP contribution < -0.4 is 16.0 Å². The molecule has 0 radical (unpaired) electrons. The summed E-state index contributed by atoms with van der Waals surface area (Å²) in [5.74, 6) is -0.118. The molecule has 2 aromatic carbocycles. The van der Waals surface area contributed by atoms with Crippen molar-refractivity contribution < 1.29 is 9.13 Å². The zero-order valence-electron chi connectivity index (χ0n) is 15.1. The van der Waals surface area contributed by atoms with Gasteiger partial charge >= 0.3 is 0 Å². The van der Waals surface area contributed by atoms with E-state index in [9.17, 15) is 4.39 Å². The van der Waals surface area contributed by atoms with Crippen LogP contribution in [0.25, 0.3) is 0 Å². The molecule has 3 aromatic rings. The normalized spacial score (nSPS) is 14.1. The predicted molar refractivity (Wildman–Crippen MR) is 110 cm³/mol. The number of nitrogens with one attached hydrogen (secondary N) is 1. The fraction of sp³-hybridized carbons (Fsp3) is 0.200.